The van der Waals surface area contributed by atoms with Gasteiger partial charge in [-0.15, -0.1) is 0 Å². The van der Waals surface area contributed by atoms with Gasteiger partial charge in [0.2, 0.25) is 0 Å². The van der Waals surface area contributed by atoms with Crippen LogP contribution in [-0.4, -0.2) is 16.5 Å². The van der Waals surface area contributed by atoms with Gasteiger partial charge >= 0.3 is 0 Å². The SMILES string of the molecule is CCCc1nc(NN)cc(NCC2CC3CCC2C3)n1. The lowest BCUT2D eigenvalue weighted by atomic mass is 9.89. The second-order valence-corrected chi connectivity index (χ2v) is 6.26. The summed E-state index contributed by atoms with van der Waals surface area (Å²) in [7, 11) is 0. The molecule has 0 aromatic carbocycles. The first kappa shape index (κ1) is 13.6. The van der Waals surface area contributed by atoms with Crippen molar-refractivity contribution in [1.82, 2.24) is 9.97 Å². The van der Waals surface area contributed by atoms with Gasteiger partial charge in [0, 0.05) is 19.0 Å². The first-order valence-corrected chi connectivity index (χ1v) is 7.87. The maximum Gasteiger partial charge on any atom is 0.145 e. The average Bonchev–Trinajstić information content (AvgIpc) is 3.07. The molecule has 2 bridgehead atoms. The van der Waals surface area contributed by atoms with Gasteiger partial charge in [-0.05, 0) is 43.4 Å². The molecule has 110 valence electrons. The van der Waals surface area contributed by atoms with Crippen molar-refractivity contribution < 1.29 is 0 Å². The summed E-state index contributed by atoms with van der Waals surface area (Å²) in [4.78, 5) is 8.95. The van der Waals surface area contributed by atoms with E-state index < -0.39 is 0 Å². The minimum atomic E-state index is 0.693. The van der Waals surface area contributed by atoms with Crippen LogP contribution < -0.4 is 16.6 Å². The number of anilines is 2. The van der Waals surface area contributed by atoms with E-state index in [9.17, 15) is 0 Å². The fraction of sp³-hybridized carbons (Fsp3) is 0.733. The molecule has 3 atom stereocenters. The molecule has 0 spiro atoms. The third-order valence-corrected chi connectivity index (χ3v) is 4.82. The molecule has 3 unspecified atom stereocenters. The molecule has 2 aliphatic rings. The Morgan fingerprint density at radius 3 is 2.75 bits per heavy atom. The normalized spacial score (nSPS) is 27.8. The van der Waals surface area contributed by atoms with Crippen LogP contribution in [0.25, 0.3) is 0 Å². The van der Waals surface area contributed by atoms with Gasteiger partial charge < -0.3 is 10.7 Å². The van der Waals surface area contributed by atoms with Gasteiger partial charge in [0.25, 0.3) is 0 Å². The molecule has 0 amide bonds. The van der Waals surface area contributed by atoms with Crippen molar-refractivity contribution >= 4 is 11.6 Å². The van der Waals surface area contributed by atoms with Gasteiger partial charge in [0.1, 0.15) is 17.5 Å². The van der Waals surface area contributed by atoms with Crippen molar-refractivity contribution in [2.45, 2.75) is 45.4 Å². The second-order valence-electron chi connectivity index (χ2n) is 6.26. The van der Waals surface area contributed by atoms with Crippen molar-refractivity contribution in [2.24, 2.45) is 23.6 Å². The Kier molecular flexibility index (Phi) is 4.05. The number of aryl methyl sites for hydroxylation is 1. The van der Waals surface area contributed by atoms with E-state index in [-0.39, 0.29) is 0 Å². The first-order chi connectivity index (χ1) is 9.78. The zero-order chi connectivity index (χ0) is 13.9. The van der Waals surface area contributed by atoms with E-state index in [2.05, 4.69) is 27.6 Å². The van der Waals surface area contributed by atoms with E-state index in [1.807, 2.05) is 6.07 Å². The molecule has 3 rings (SSSR count). The molecule has 1 aromatic heterocycles. The minimum absolute atomic E-state index is 0.693. The highest BCUT2D eigenvalue weighted by molar-refractivity contribution is 5.46. The summed E-state index contributed by atoms with van der Waals surface area (Å²) in [5, 5.41) is 3.50. The summed E-state index contributed by atoms with van der Waals surface area (Å²) in [5.41, 5.74) is 2.63. The molecule has 0 saturated heterocycles. The molecule has 1 heterocycles. The molecule has 2 aliphatic carbocycles. The Hall–Kier alpha value is -1.36. The van der Waals surface area contributed by atoms with Crippen LogP contribution in [0.3, 0.4) is 0 Å². The lowest BCUT2D eigenvalue weighted by Gasteiger charge is -2.22. The van der Waals surface area contributed by atoms with Crippen LogP contribution >= 0.6 is 0 Å². The van der Waals surface area contributed by atoms with Gasteiger partial charge in [0.05, 0.1) is 0 Å². The smallest absolute Gasteiger partial charge is 0.145 e. The molecule has 2 fully saturated rings. The van der Waals surface area contributed by atoms with Gasteiger partial charge in [-0.25, -0.2) is 15.8 Å². The maximum atomic E-state index is 5.48. The lowest BCUT2D eigenvalue weighted by Crippen LogP contribution is -2.21. The van der Waals surface area contributed by atoms with Crippen LogP contribution in [0.15, 0.2) is 6.07 Å². The van der Waals surface area contributed by atoms with Crippen molar-refractivity contribution in [3.63, 3.8) is 0 Å². The quantitative estimate of drug-likeness (QED) is 0.549. The summed E-state index contributed by atoms with van der Waals surface area (Å²) in [6.45, 7) is 3.17. The number of nitrogens with one attached hydrogen (secondary N) is 2. The molecule has 20 heavy (non-hydrogen) atoms. The first-order valence-electron chi connectivity index (χ1n) is 7.87. The average molecular weight is 275 g/mol. The number of nitrogen functional groups attached to an aromatic ring is 1. The Morgan fingerprint density at radius 2 is 2.10 bits per heavy atom. The number of hydrazine groups is 1. The highest BCUT2D eigenvalue weighted by Gasteiger charge is 2.39. The number of hydrogen-bond acceptors (Lipinski definition) is 5. The van der Waals surface area contributed by atoms with Crippen LogP contribution in [0.2, 0.25) is 0 Å². The maximum absolute atomic E-state index is 5.48. The van der Waals surface area contributed by atoms with E-state index in [0.717, 1.165) is 48.8 Å². The van der Waals surface area contributed by atoms with Crippen molar-refractivity contribution in [3.8, 4) is 0 Å². The van der Waals surface area contributed by atoms with Crippen LogP contribution in [0.4, 0.5) is 11.6 Å². The Balaban J connectivity index is 1.62. The van der Waals surface area contributed by atoms with E-state index in [0.29, 0.717) is 5.82 Å². The van der Waals surface area contributed by atoms with Crippen LogP contribution in [0.5, 0.6) is 0 Å². The van der Waals surface area contributed by atoms with Gasteiger partial charge in [-0.2, -0.15) is 0 Å². The highest BCUT2D eigenvalue weighted by atomic mass is 15.3. The van der Waals surface area contributed by atoms with Crippen molar-refractivity contribution in [3.05, 3.63) is 11.9 Å². The molecule has 5 nitrogen and oxygen atoms in total. The standard InChI is InChI=1S/C15H25N5/c1-2-3-13-18-14(8-15(19-13)20-16)17-9-12-7-10-4-5-11(12)6-10/h8,10-12H,2-7,9,16H2,1H3,(H2,17,18,19,20). The highest BCUT2D eigenvalue weighted by Crippen LogP contribution is 2.48. The Bertz CT molecular complexity index is 462. The Morgan fingerprint density at radius 1 is 1.25 bits per heavy atom. The molecular weight excluding hydrogens is 250 g/mol. The molecule has 5 heteroatoms. The van der Waals surface area contributed by atoms with Gasteiger partial charge in [-0.3, -0.25) is 0 Å². The van der Waals surface area contributed by atoms with Gasteiger partial charge in [-0.1, -0.05) is 13.3 Å². The summed E-state index contributed by atoms with van der Waals surface area (Å²) >= 11 is 0. The van der Waals surface area contributed by atoms with Crippen molar-refractivity contribution in [2.75, 3.05) is 17.3 Å². The summed E-state index contributed by atoms with van der Waals surface area (Å²) in [6, 6.07) is 1.90. The van der Waals surface area contributed by atoms with E-state index in [1.54, 1.807) is 0 Å². The second kappa shape index (κ2) is 5.95. The minimum Gasteiger partial charge on any atom is -0.370 e. The monoisotopic (exact) mass is 275 g/mol. The van der Waals surface area contributed by atoms with E-state index in [4.69, 9.17) is 5.84 Å². The topological polar surface area (TPSA) is 75.9 Å². The largest absolute Gasteiger partial charge is 0.370 e. The van der Waals surface area contributed by atoms with Crippen LogP contribution in [0.1, 0.15) is 44.9 Å². The number of nitrogens with zero attached hydrogens (tertiary/aromatic N) is 2. The van der Waals surface area contributed by atoms with E-state index in [1.165, 1.54) is 25.7 Å². The fourth-order valence-corrected chi connectivity index (χ4v) is 3.86. The predicted molar refractivity (Wildman–Crippen MR) is 81.3 cm³/mol. The molecule has 2 saturated carbocycles. The van der Waals surface area contributed by atoms with E-state index >= 15 is 0 Å². The molecule has 0 radical (unpaired) electrons. The summed E-state index contributed by atoms with van der Waals surface area (Å²) < 4.78 is 0. The number of fused-ring (bicyclic) bond motifs is 2. The van der Waals surface area contributed by atoms with Crippen molar-refractivity contribution in [1.29, 1.82) is 0 Å². The zero-order valence-electron chi connectivity index (χ0n) is 12.2. The fourth-order valence-electron chi connectivity index (χ4n) is 3.86. The third-order valence-electron chi connectivity index (χ3n) is 4.82. The predicted octanol–water partition coefficient (Wildman–Crippen LogP) is 2.56. The molecular formula is C15H25N5. The number of nitrogens with two attached hydrogens (primary N) is 1. The lowest BCUT2D eigenvalue weighted by molar-refractivity contribution is 0.348. The summed E-state index contributed by atoms with van der Waals surface area (Å²) in [5.74, 6) is 10.7. The van der Waals surface area contributed by atoms with Crippen LogP contribution in [0, 0.1) is 17.8 Å². The number of rotatable bonds is 6. The summed E-state index contributed by atoms with van der Waals surface area (Å²) in [6.07, 6.45) is 7.66. The number of hydrogen-bond donors (Lipinski definition) is 3. The molecule has 4 N–H and O–H groups in total. The number of aromatic nitrogens is 2. The molecule has 1 aromatic rings. The molecule has 0 aliphatic heterocycles. The Labute approximate surface area is 120 Å². The third kappa shape index (κ3) is 2.87. The van der Waals surface area contributed by atoms with Crippen LogP contribution in [-0.2, 0) is 6.42 Å². The zero-order valence-corrected chi connectivity index (χ0v) is 12.2. The van der Waals surface area contributed by atoms with Gasteiger partial charge in [0.15, 0.2) is 0 Å².